The molecule has 0 unspecified atom stereocenters. The van der Waals surface area contributed by atoms with E-state index < -0.39 is 11.9 Å². The van der Waals surface area contributed by atoms with Gasteiger partial charge in [-0.15, -0.1) is 0 Å². The average molecular weight is 280 g/mol. The van der Waals surface area contributed by atoms with Gasteiger partial charge in [0.05, 0.1) is 25.2 Å². The van der Waals surface area contributed by atoms with Gasteiger partial charge >= 0.3 is 17.1 Å². The number of carbonyl (C=O) groups excluding carboxylic acids is 2. The molecule has 0 heterocycles. The Bertz CT molecular complexity index is 123. The van der Waals surface area contributed by atoms with E-state index in [1.54, 1.807) is 0 Å². The Hall–Kier alpha value is -0.701. The molecule has 0 bridgehead atoms. The van der Waals surface area contributed by atoms with E-state index in [2.05, 4.69) is 9.47 Å². The van der Waals surface area contributed by atoms with Gasteiger partial charge in [0.2, 0.25) is 0 Å². The number of hydrogen-bond acceptors (Lipinski definition) is 6. The van der Waals surface area contributed by atoms with Crippen LogP contribution in [0.1, 0.15) is 0 Å². The third kappa shape index (κ3) is 60.5. The van der Waals surface area contributed by atoms with Gasteiger partial charge in [-0.25, -0.2) is 0 Å². The van der Waals surface area contributed by atoms with Gasteiger partial charge in [0.25, 0.3) is 0 Å². The topological polar surface area (TPSA) is 165 Å². The number of rotatable bonds is 4. The van der Waals surface area contributed by atoms with Crippen LogP contribution >= 0.6 is 0 Å². The predicted octanol–water partition coefficient (Wildman–Crippen LogP) is -5.08. The maximum Gasteiger partial charge on any atom is 2.00 e. The van der Waals surface area contributed by atoms with E-state index in [-0.39, 0.29) is 41.2 Å². The summed E-state index contributed by atoms with van der Waals surface area (Å²) in [5, 5.41) is 18.7. The smallest absolute Gasteiger partial charge is 0.548 e. The number of carboxylic acid groups (broad SMARTS) is 2. The molecular weight excluding hydrogens is 264 g/mol. The maximum absolute atomic E-state index is 9.36. The van der Waals surface area contributed by atoms with Crippen molar-refractivity contribution < 1.29 is 57.3 Å². The van der Waals surface area contributed by atoms with Crippen LogP contribution in [0.3, 0.4) is 0 Å². The molecule has 0 aliphatic heterocycles. The molecule has 15 heavy (non-hydrogen) atoms. The Labute approximate surface area is 97.3 Å². The minimum Gasteiger partial charge on any atom is -0.548 e. The molecule has 0 aliphatic carbocycles. The van der Waals surface area contributed by atoms with Crippen molar-refractivity contribution in [3.8, 4) is 0 Å². The number of aliphatic carboxylic acids is 2. The summed E-state index contributed by atoms with van der Waals surface area (Å²) in [7, 11) is 2.60. The van der Waals surface area contributed by atoms with Gasteiger partial charge in [0.1, 0.15) is 0 Å². The summed E-state index contributed by atoms with van der Waals surface area (Å²) in [5.41, 5.74) is 0. The zero-order valence-corrected chi connectivity index (χ0v) is 9.26. The number of ether oxygens (including phenoxy) is 2. The van der Waals surface area contributed by atoms with Crippen molar-refractivity contribution in [2.45, 2.75) is 0 Å². The summed E-state index contributed by atoms with van der Waals surface area (Å²) < 4.78 is 8.28. The molecule has 0 saturated heterocycles. The van der Waals surface area contributed by atoms with Crippen LogP contribution in [-0.2, 0) is 47.1 Å². The fourth-order valence-electron chi connectivity index (χ4n) is 0.236. The van der Waals surface area contributed by atoms with Crippen LogP contribution in [0.15, 0.2) is 0 Å². The van der Waals surface area contributed by atoms with E-state index >= 15 is 0 Å². The van der Waals surface area contributed by atoms with Gasteiger partial charge in [0, 0.05) is 14.2 Å². The van der Waals surface area contributed by atoms with Crippen LogP contribution in [0.2, 0.25) is 0 Å². The molecule has 1 radical (unpaired) electrons. The van der Waals surface area contributed by atoms with Crippen LogP contribution in [0, 0.1) is 0 Å². The van der Waals surface area contributed by atoms with Crippen molar-refractivity contribution in [2.24, 2.45) is 0 Å². The molecule has 6 N–H and O–H groups in total. The largest absolute Gasteiger partial charge is 2.00 e. The van der Waals surface area contributed by atoms with Crippen molar-refractivity contribution in [3.05, 3.63) is 0 Å². The first-order chi connectivity index (χ1) is 5.54. The zero-order valence-electron chi connectivity index (χ0n) is 8.32. The fraction of sp³-hybridized carbons (Fsp3) is 0.667. The quantitative estimate of drug-likeness (QED) is 0.369. The van der Waals surface area contributed by atoms with Crippen molar-refractivity contribution in [1.29, 1.82) is 0 Å². The molecule has 0 rings (SSSR count). The summed E-state index contributed by atoms with van der Waals surface area (Å²) in [5.74, 6) is -2.37. The van der Waals surface area contributed by atoms with Crippen molar-refractivity contribution >= 4 is 11.9 Å². The van der Waals surface area contributed by atoms with Crippen molar-refractivity contribution in [1.82, 2.24) is 0 Å². The summed E-state index contributed by atoms with van der Waals surface area (Å²) in [4.78, 5) is 18.7. The first-order valence-corrected chi connectivity index (χ1v) is 2.92. The first-order valence-electron chi connectivity index (χ1n) is 2.92. The number of carbonyl (C=O) groups is 2. The predicted molar refractivity (Wildman–Crippen MR) is 43.5 cm³/mol. The Morgan fingerprint density at radius 1 is 0.933 bits per heavy atom. The molecule has 0 aromatic rings. The molecule has 97 valence electrons. The first kappa shape index (κ1) is 29.2. The Balaban J connectivity index is -0.0000000370. The standard InChI is InChI=1S/2C3H6O3.Cu.2H2O/c2*1-6-2-3(4)5;;;/h2*2H2,1H3,(H,4,5);;2*1H2/q;;+2;;. The second-order valence-corrected chi connectivity index (χ2v) is 1.61. The Morgan fingerprint density at radius 3 is 1.13 bits per heavy atom. The zero-order chi connectivity index (χ0) is 9.98. The van der Waals surface area contributed by atoms with Gasteiger partial charge in [-0.05, 0) is 0 Å². The van der Waals surface area contributed by atoms with Crippen LogP contribution < -0.4 is 10.2 Å². The molecule has 0 fully saturated rings. The van der Waals surface area contributed by atoms with E-state index in [9.17, 15) is 19.8 Å². The van der Waals surface area contributed by atoms with Gasteiger partial charge < -0.3 is 40.2 Å². The summed E-state index contributed by atoms with van der Waals surface area (Å²) in [6.07, 6.45) is 0. The molecule has 8 nitrogen and oxygen atoms in total. The van der Waals surface area contributed by atoms with Gasteiger partial charge in [-0.2, -0.15) is 0 Å². The summed E-state index contributed by atoms with van der Waals surface area (Å²) in [6, 6.07) is 0. The van der Waals surface area contributed by atoms with Crippen molar-refractivity contribution in [3.63, 3.8) is 0 Å². The van der Waals surface area contributed by atoms with Crippen LogP contribution in [0.25, 0.3) is 0 Å². The monoisotopic (exact) mass is 279 g/mol. The molecular formula is C6H16CuO8+2. The van der Waals surface area contributed by atoms with Crippen LogP contribution in [-0.4, -0.2) is 39.4 Å². The minimum absolute atomic E-state index is 0. The molecule has 9 heteroatoms. The SMILES string of the molecule is COCC(=O)[O-].COCC(=O)[O-].[Cu+2].[OH3+].[OH3+]. The normalized spacial score (nSPS) is 6.53. The molecule has 0 aromatic heterocycles. The molecule has 0 amide bonds. The molecule has 0 saturated carbocycles. The van der Waals surface area contributed by atoms with Crippen molar-refractivity contribution in [2.75, 3.05) is 27.4 Å². The molecule has 0 spiro atoms. The van der Waals surface area contributed by atoms with E-state index in [0.29, 0.717) is 0 Å². The maximum atomic E-state index is 9.36. The molecule has 0 aromatic carbocycles. The molecule has 0 atom stereocenters. The van der Waals surface area contributed by atoms with Crippen LogP contribution in [0.5, 0.6) is 0 Å². The third-order valence-corrected chi connectivity index (χ3v) is 0.524. The number of carboxylic acids is 2. The van der Waals surface area contributed by atoms with Gasteiger partial charge in [-0.1, -0.05) is 0 Å². The summed E-state index contributed by atoms with van der Waals surface area (Å²) >= 11 is 0. The van der Waals surface area contributed by atoms with E-state index in [0.717, 1.165) is 0 Å². The second-order valence-electron chi connectivity index (χ2n) is 1.61. The fourth-order valence-corrected chi connectivity index (χ4v) is 0.236. The molecule has 0 aliphatic rings. The van der Waals surface area contributed by atoms with E-state index in [4.69, 9.17) is 0 Å². The Morgan fingerprint density at radius 2 is 1.13 bits per heavy atom. The summed E-state index contributed by atoms with van der Waals surface area (Å²) in [6.45, 7) is -0.639. The van der Waals surface area contributed by atoms with Gasteiger partial charge in [0.15, 0.2) is 0 Å². The van der Waals surface area contributed by atoms with Crippen LogP contribution in [0.4, 0.5) is 0 Å². The Kier molecular flexibility index (Phi) is 45.4. The minimum atomic E-state index is -1.18. The third-order valence-electron chi connectivity index (χ3n) is 0.524. The van der Waals surface area contributed by atoms with E-state index in [1.165, 1.54) is 14.2 Å². The number of hydrogen-bond donors (Lipinski definition) is 0. The van der Waals surface area contributed by atoms with Gasteiger partial charge in [-0.3, -0.25) is 0 Å². The van der Waals surface area contributed by atoms with E-state index in [1.807, 2.05) is 0 Å². The second kappa shape index (κ2) is 23.3. The average Bonchev–Trinajstić information content (AvgIpc) is 1.87. The number of methoxy groups -OCH3 is 2.